The Hall–Kier alpha value is -2.36. The predicted octanol–water partition coefficient (Wildman–Crippen LogP) is -0.131. The minimum Gasteiger partial charge on any atom is -0.468 e. The minimum absolute atomic E-state index is 0.122. The molecule has 0 aliphatic rings. The van der Waals surface area contributed by atoms with Crippen LogP contribution < -0.4 is 10.6 Å². The van der Waals surface area contributed by atoms with Gasteiger partial charge in [0, 0.05) is 7.11 Å². The Morgan fingerprint density at radius 2 is 1.60 bits per heavy atom. The van der Waals surface area contributed by atoms with E-state index in [4.69, 9.17) is 9.47 Å². The van der Waals surface area contributed by atoms with E-state index in [1.165, 1.54) is 14.2 Å². The van der Waals surface area contributed by atoms with Gasteiger partial charge in [-0.2, -0.15) is 0 Å². The van der Waals surface area contributed by atoms with E-state index in [0.717, 1.165) is 4.90 Å². The average molecular weight is 363 g/mol. The molecule has 25 heavy (non-hydrogen) atoms. The maximum absolute atomic E-state index is 11.9. The number of methoxy groups -OCH3 is 2. The van der Waals surface area contributed by atoms with Crippen molar-refractivity contribution >= 4 is 23.9 Å². The Labute approximate surface area is 148 Å². The number of carbonyl (C=O) groups excluding carboxylic acids is 4. The molecular formula is C15H29N3O7. The quantitative estimate of drug-likeness (QED) is 0.432. The number of hydrogen-bond acceptors (Lipinski definition) is 7. The Morgan fingerprint density at radius 3 is 2.08 bits per heavy atom. The predicted molar refractivity (Wildman–Crippen MR) is 89.6 cm³/mol. The number of ether oxygens (including phenoxy) is 3. The Bertz CT molecular complexity index is 427. The van der Waals surface area contributed by atoms with Gasteiger partial charge in [0.1, 0.15) is 19.8 Å². The monoisotopic (exact) mass is 363 g/mol. The number of hydrogen-bond donors (Lipinski definition) is 2. The molecule has 0 fully saturated rings. The van der Waals surface area contributed by atoms with Crippen LogP contribution in [-0.4, -0.2) is 75.5 Å². The van der Waals surface area contributed by atoms with Crippen LogP contribution in [0.4, 0.5) is 4.79 Å². The summed E-state index contributed by atoms with van der Waals surface area (Å²) >= 11 is 0. The SMILES string of the molecule is CC.COCN(CC(=O)OC)C(=O)CNC(=O)CNC(=O)OC(C)C. The molecule has 0 saturated carbocycles. The fourth-order valence-electron chi connectivity index (χ4n) is 1.34. The maximum Gasteiger partial charge on any atom is 0.407 e. The van der Waals surface area contributed by atoms with Crippen molar-refractivity contribution in [1.82, 2.24) is 15.5 Å². The molecule has 146 valence electrons. The summed E-state index contributed by atoms with van der Waals surface area (Å²) < 4.78 is 14.0. The highest BCUT2D eigenvalue weighted by atomic mass is 16.6. The Kier molecular flexibility index (Phi) is 15.1. The van der Waals surface area contributed by atoms with Gasteiger partial charge in [-0.05, 0) is 13.8 Å². The van der Waals surface area contributed by atoms with Crippen LogP contribution in [0.2, 0.25) is 0 Å². The molecule has 0 aromatic heterocycles. The van der Waals surface area contributed by atoms with Gasteiger partial charge >= 0.3 is 12.1 Å². The number of amides is 3. The number of esters is 1. The summed E-state index contributed by atoms with van der Waals surface area (Å²) in [5.74, 6) is -1.72. The zero-order valence-electron chi connectivity index (χ0n) is 15.7. The van der Waals surface area contributed by atoms with Gasteiger partial charge in [0.2, 0.25) is 11.8 Å². The fraction of sp³-hybridized carbons (Fsp3) is 0.733. The van der Waals surface area contributed by atoms with Crippen molar-refractivity contribution in [3.05, 3.63) is 0 Å². The van der Waals surface area contributed by atoms with Gasteiger partial charge in [-0.3, -0.25) is 14.4 Å². The van der Waals surface area contributed by atoms with Crippen LogP contribution >= 0.6 is 0 Å². The first kappa shape index (κ1) is 24.9. The lowest BCUT2D eigenvalue weighted by Gasteiger charge is -2.20. The summed E-state index contributed by atoms with van der Waals surface area (Å²) in [4.78, 5) is 46.9. The molecule has 0 spiro atoms. The molecule has 0 aromatic rings. The third kappa shape index (κ3) is 13.7. The molecule has 0 saturated heterocycles. The van der Waals surface area contributed by atoms with Gasteiger partial charge in [0.15, 0.2) is 0 Å². The molecule has 0 rings (SSSR count). The van der Waals surface area contributed by atoms with Crippen molar-refractivity contribution in [3.63, 3.8) is 0 Å². The number of alkyl carbamates (subject to hydrolysis) is 1. The van der Waals surface area contributed by atoms with Crippen LogP contribution in [0.3, 0.4) is 0 Å². The molecule has 0 aliphatic carbocycles. The number of nitrogens with one attached hydrogen (secondary N) is 2. The average Bonchev–Trinajstić information content (AvgIpc) is 2.58. The molecule has 0 bridgehead atoms. The first-order valence-electron chi connectivity index (χ1n) is 7.84. The second-order valence-electron chi connectivity index (χ2n) is 4.67. The fourth-order valence-corrected chi connectivity index (χ4v) is 1.34. The normalized spacial score (nSPS) is 9.40. The summed E-state index contributed by atoms with van der Waals surface area (Å²) in [7, 11) is 2.56. The van der Waals surface area contributed by atoms with E-state index in [9.17, 15) is 19.2 Å². The molecule has 3 amide bonds. The first-order chi connectivity index (χ1) is 11.8. The summed E-state index contributed by atoms with van der Waals surface area (Å²) in [6.07, 6.45) is -1.03. The minimum atomic E-state index is -0.729. The van der Waals surface area contributed by atoms with Crippen molar-refractivity contribution < 1.29 is 33.4 Å². The van der Waals surface area contributed by atoms with Gasteiger partial charge in [-0.15, -0.1) is 0 Å². The van der Waals surface area contributed by atoms with E-state index in [-0.39, 0.29) is 32.5 Å². The van der Waals surface area contributed by atoms with Crippen LogP contribution in [0.25, 0.3) is 0 Å². The number of nitrogens with zero attached hydrogens (tertiary/aromatic N) is 1. The van der Waals surface area contributed by atoms with Gasteiger partial charge in [0.25, 0.3) is 0 Å². The summed E-state index contributed by atoms with van der Waals surface area (Å²) in [6.45, 7) is 6.25. The maximum atomic E-state index is 11.9. The van der Waals surface area contributed by atoms with Gasteiger partial charge in [-0.25, -0.2) is 4.79 Å². The third-order valence-electron chi connectivity index (χ3n) is 2.36. The molecule has 2 N–H and O–H groups in total. The van der Waals surface area contributed by atoms with Crippen molar-refractivity contribution in [2.75, 3.05) is 40.6 Å². The highest BCUT2D eigenvalue weighted by Crippen LogP contribution is 1.92. The lowest BCUT2D eigenvalue weighted by molar-refractivity contribution is -0.150. The molecule has 0 radical (unpaired) electrons. The molecule has 10 heteroatoms. The first-order valence-corrected chi connectivity index (χ1v) is 7.84. The van der Waals surface area contributed by atoms with Crippen LogP contribution in [0, 0.1) is 0 Å². The van der Waals surface area contributed by atoms with Crippen LogP contribution in [0.5, 0.6) is 0 Å². The molecule has 0 aromatic carbocycles. The van der Waals surface area contributed by atoms with E-state index in [2.05, 4.69) is 15.4 Å². The van der Waals surface area contributed by atoms with E-state index < -0.39 is 23.9 Å². The zero-order chi connectivity index (χ0) is 19.8. The van der Waals surface area contributed by atoms with Crippen molar-refractivity contribution in [1.29, 1.82) is 0 Å². The van der Waals surface area contributed by atoms with Crippen molar-refractivity contribution in [3.8, 4) is 0 Å². The standard InChI is InChI=1S/C13H23N3O7.C2H6/c1-9(2)23-13(20)15-5-10(17)14-6-11(18)16(8-21-3)7-12(19)22-4;1-2/h9H,5-8H2,1-4H3,(H,14,17)(H,15,20);1-2H3. The number of carbonyl (C=O) groups is 4. The molecule has 0 heterocycles. The van der Waals surface area contributed by atoms with E-state index in [0.29, 0.717) is 0 Å². The van der Waals surface area contributed by atoms with E-state index in [1.807, 2.05) is 13.8 Å². The van der Waals surface area contributed by atoms with Crippen LogP contribution in [0.15, 0.2) is 0 Å². The third-order valence-corrected chi connectivity index (χ3v) is 2.36. The summed E-state index contributed by atoms with van der Waals surface area (Å²) in [5.41, 5.74) is 0. The van der Waals surface area contributed by atoms with Crippen LogP contribution in [0.1, 0.15) is 27.7 Å². The van der Waals surface area contributed by atoms with E-state index in [1.54, 1.807) is 13.8 Å². The lowest BCUT2D eigenvalue weighted by atomic mass is 10.4. The van der Waals surface area contributed by atoms with Crippen molar-refractivity contribution in [2.24, 2.45) is 0 Å². The van der Waals surface area contributed by atoms with Crippen molar-refractivity contribution in [2.45, 2.75) is 33.8 Å². The lowest BCUT2D eigenvalue weighted by Crippen LogP contribution is -2.45. The highest BCUT2D eigenvalue weighted by Gasteiger charge is 2.18. The Balaban J connectivity index is 0. The number of rotatable bonds is 9. The van der Waals surface area contributed by atoms with Gasteiger partial charge in [0.05, 0.1) is 19.8 Å². The summed E-state index contributed by atoms with van der Waals surface area (Å²) in [5, 5.41) is 4.55. The van der Waals surface area contributed by atoms with Gasteiger partial charge < -0.3 is 29.7 Å². The largest absolute Gasteiger partial charge is 0.468 e. The topological polar surface area (TPSA) is 123 Å². The molecule has 0 aliphatic heterocycles. The Morgan fingerprint density at radius 1 is 1.00 bits per heavy atom. The van der Waals surface area contributed by atoms with E-state index >= 15 is 0 Å². The highest BCUT2D eigenvalue weighted by molar-refractivity contribution is 5.88. The molecule has 10 nitrogen and oxygen atoms in total. The van der Waals surface area contributed by atoms with Gasteiger partial charge in [-0.1, -0.05) is 13.8 Å². The van der Waals surface area contributed by atoms with Crippen LogP contribution in [-0.2, 0) is 28.6 Å². The second kappa shape index (κ2) is 15.2. The summed E-state index contributed by atoms with van der Waals surface area (Å²) in [6, 6.07) is 0. The second-order valence-corrected chi connectivity index (χ2v) is 4.67. The molecule has 0 unspecified atom stereocenters. The smallest absolute Gasteiger partial charge is 0.407 e. The zero-order valence-corrected chi connectivity index (χ0v) is 15.7. The molecular weight excluding hydrogens is 334 g/mol. The molecule has 0 atom stereocenters.